The van der Waals surface area contributed by atoms with Gasteiger partial charge < -0.3 is 20.1 Å². The van der Waals surface area contributed by atoms with Gasteiger partial charge in [0.2, 0.25) is 0 Å². The zero-order chi connectivity index (χ0) is 25.8. The van der Waals surface area contributed by atoms with Gasteiger partial charge in [0.1, 0.15) is 5.69 Å². The second kappa shape index (κ2) is 10.7. The van der Waals surface area contributed by atoms with Gasteiger partial charge in [-0.15, -0.1) is 0 Å². The molecular formula is C27H20Cl2N2O5. The molecule has 0 bridgehead atoms. The van der Waals surface area contributed by atoms with Crippen LogP contribution in [-0.4, -0.2) is 34.5 Å². The highest BCUT2D eigenvalue weighted by atomic mass is 35.5. The van der Waals surface area contributed by atoms with E-state index in [1.165, 1.54) is 12.1 Å². The number of carboxylic acids is 1. The van der Waals surface area contributed by atoms with Gasteiger partial charge in [0.25, 0.3) is 5.91 Å². The van der Waals surface area contributed by atoms with Gasteiger partial charge in [-0.2, -0.15) is 0 Å². The Hall–Kier alpha value is -4.07. The monoisotopic (exact) mass is 522 g/mol. The van der Waals surface area contributed by atoms with Crippen molar-refractivity contribution >= 4 is 69.3 Å². The maximum absolute atomic E-state index is 12.8. The number of nitrogens with one attached hydrogen (secondary N) is 2. The summed E-state index contributed by atoms with van der Waals surface area (Å²) in [7, 11) is 0. The number of benzene rings is 3. The standard InChI is InChI=1S/C27H20Cl2N2O5/c1-2-36-27(35)24-19(23-20(29)12-16(28)13-22(23)30-24)14-18(26(33)34)17-10-6-7-11-21(17)31-25(32)15-8-4-3-5-9-15/h3-14,30H,2H2,1H3,(H,31,32)(H,33,34). The van der Waals surface area contributed by atoms with E-state index in [0.717, 1.165) is 0 Å². The number of aromatic nitrogens is 1. The summed E-state index contributed by atoms with van der Waals surface area (Å²) in [6.07, 6.45) is 1.33. The Morgan fingerprint density at radius 2 is 1.72 bits per heavy atom. The van der Waals surface area contributed by atoms with E-state index >= 15 is 0 Å². The second-order valence-corrected chi connectivity index (χ2v) is 8.52. The van der Waals surface area contributed by atoms with Gasteiger partial charge >= 0.3 is 11.9 Å². The van der Waals surface area contributed by atoms with Crippen molar-refractivity contribution in [2.75, 3.05) is 11.9 Å². The molecule has 0 unspecified atom stereocenters. The van der Waals surface area contributed by atoms with Gasteiger partial charge in [-0.05, 0) is 43.3 Å². The van der Waals surface area contributed by atoms with E-state index in [1.807, 2.05) is 0 Å². The third-order valence-corrected chi connectivity index (χ3v) is 5.87. The van der Waals surface area contributed by atoms with Crippen LogP contribution in [0.2, 0.25) is 10.0 Å². The van der Waals surface area contributed by atoms with Crippen molar-refractivity contribution in [1.82, 2.24) is 4.98 Å². The average molecular weight is 523 g/mol. The van der Waals surface area contributed by atoms with E-state index in [0.29, 0.717) is 21.5 Å². The zero-order valence-electron chi connectivity index (χ0n) is 19.0. The molecule has 9 heteroatoms. The molecule has 36 heavy (non-hydrogen) atoms. The van der Waals surface area contributed by atoms with Gasteiger partial charge in [0, 0.05) is 38.3 Å². The number of aromatic amines is 1. The molecule has 3 aromatic carbocycles. The van der Waals surface area contributed by atoms with Crippen LogP contribution < -0.4 is 5.32 Å². The van der Waals surface area contributed by atoms with Gasteiger partial charge in [0.15, 0.2) is 0 Å². The van der Waals surface area contributed by atoms with Crippen LogP contribution in [0.3, 0.4) is 0 Å². The highest BCUT2D eigenvalue weighted by molar-refractivity contribution is 6.39. The lowest BCUT2D eigenvalue weighted by atomic mass is 9.99. The maximum atomic E-state index is 12.8. The summed E-state index contributed by atoms with van der Waals surface area (Å²) in [6, 6.07) is 18.1. The first-order valence-corrected chi connectivity index (χ1v) is 11.6. The number of fused-ring (bicyclic) bond motifs is 1. The predicted octanol–water partition coefficient (Wildman–Crippen LogP) is 6.53. The molecule has 7 nitrogen and oxygen atoms in total. The number of hydrogen-bond donors (Lipinski definition) is 3. The number of ether oxygens (including phenoxy) is 1. The Morgan fingerprint density at radius 3 is 2.42 bits per heavy atom. The molecule has 0 fully saturated rings. The number of rotatable bonds is 7. The highest BCUT2D eigenvalue weighted by Gasteiger charge is 2.23. The summed E-state index contributed by atoms with van der Waals surface area (Å²) >= 11 is 12.6. The van der Waals surface area contributed by atoms with Crippen molar-refractivity contribution in [3.8, 4) is 0 Å². The number of carbonyl (C=O) groups is 3. The molecular weight excluding hydrogens is 503 g/mol. The van der Waals surface area contributed by atoms with E-state index in [9.17, 15) is 19.5 Å². The lowest BCUT2D eigenvalue weighted by Crippen LogP contribution is -2.14. The minimum atomic E-state index is -1.27. The van der Waals surface area contributed by atoms with E-state index in [1.54, 1.807) is 67.6 Å². The molecule has 3 N–H and O–H groups in total. The molecule has 4 rings (SSSR count). The predicted molar refractivity (Wildman–Crippen MR) is 141 cm³/mol. The fourth-order valence-electron chi connectivity index (χ4n) is 3.79. The number of H-pyrrole nitrogens is 1. The molecule has 0 saturated heterocycles. The highest BCUT2D eigenvalue weighted by Crippen LogP contribution is 2.36. The Kier molecular flexibility index (Phi) is 7.43. The third-order valence-electron chi connectivity index (χ3n) is 5.35. The lowest BCUT2D eigenvalue weighted by molar-refractivity contribution is -0.130. The molecule has 0 atom stereocenters. The van der Waals surface area contributed by atoms with Crippen LogP contribution >= 0.6 is 23.2 Å². The molecule has 0 aliphatic carbocycles. The SMILES string of the molecule is CCOC(=O)c1[nH]c2cc(Cl)cc(Cl)c2c1C=C(C(=O)O)c1ccccc1NC(=O)c1ccccc1. The number of esters is 1. The first kappa shape index (κ1) is 25.0. The van der Waals surface area contributed by atoms with Crippen molar-refractivity contribution < 1.29 is 24.2 Å². The normalized spacial score (nSPS) is 11.4. The molecule has 4 aromatic rings. The molecule has 1 heterocycles. The summed E-state index contributed by atoms with van der Waals surface area (Å²) in [5, 5.41) is 13.9. The number of carboxylic acid groups (broad SMARTS) is 1. The van der Waals surface area contributed by atoms with Crippen LogP contribution in [0.1, 0.15) is 38.9 Å². The van der Waals surface area contributed by atoms with Crippen molar-refractivity contribution in [3.05, 3.63) is 99.2 Å². The van der Waals surface area contributed by atoms with E-state index in [-0.39, 0.29) is 39.7 Å². The Balaban J connectivity index is 1.89. The molecule has 0 aliphatic rings. The molecule has 1 aromatic heterocycles. The van der Waals surface area contributed by atoms with Crippen LogP contribution in [0.15, 0.2) is 66.7 Å². The molecule has 182 valence electrons. The van der Waals surface area contributed by atoms with Crippen molar-refractivity contribution in [2.45, 2.75) is 6.92 Å². The number of halogens is 2. The first-order chi connectivity index (χ1) is 17.3. The second-order valence-electron chi connectivity index (χ2n) is 7.67. The largest absolute Gasteiger partial charge is 0.478 e. The van der Waals surface area contributed by atoms with E-state index in [2.05, 4.69) is 10.3 Å². The van der Waals surface area contributed by atoms with Gasteiger partial charge in [-0.25, -0.2) is 9.59 Å². The minimum Gasteiger partial charge on any atom is -0.478 e. The van der Waals surface area contributed by atoms with Crippen molar-refractivity contribution in [3.63, 3.8) is 0 Å². The van der Waals surface area contributed by atoms with Crippen LogP contribution in [0, 0.1) is 0 Å². The first-order valence-electron chi connectivity index (χ1n) is 10.9. The third kappa shape index (κ3) is 5.12. The zero-order valence-corrected chi connectivity index (χ0v) is 20.5. The Morgan fingerprint density at radius 1 is 1.03 bits per heavy atom. The summed E-state index contributed by atoms with van der Waals surface area (Å²) < 4.78 is 5.16. The molecule has 0 aliphatic heterocycles. The topological polar surface area (TPSA) is 108 Å². The van der Waals surface area contributed by atoms with E-state index < -0.39 is 17.8 Å². The Labute approximate surface area is 216 Å². The van der Waals surface area contributed by atoms with Crippen molar-refractivity contribution in [2.24, 2.45) is 0 Å². The average Bonchev–Trinajstić information content (AvgIpc) is 3.22. The summed E-state index contributed by atoms with van der Waals surface area (Å²) in [6.45, 7) is 1.78. The number of aliphatic carboxylic acids is 1. The van der Waals surface area contributed by atoms with Crippen LogP contribution in [0.5, 0.6) is 0 Å². The molecule has 0 spiro atoms. The Bertz CT molecular complexity index is 1510. The van der Waals surface area contributed by atoms with Crippen LogP contribution in [0.4, 0.5) is 5.69 Å². The van der Waals surface area contributed by atoms with Crippen LogP contribution in [0.25, 0.3) is 22.6 Å². The quantitative estimate of drug-likeness (QED) is 0.189. The summed E-state index contributed by atoms with van der Waals surface area (Å²) in [5.41, 5.74) is 1.47. The summed E-state index contributed by atoms with van der Waals surface area (Å²) in [5.74, 6) is -2.35. The lowest BCUT2D eigenvalue weighted by Gasteiger charge is -2.12. The molecule has 0 radical (unpaired) electrons. The maximum Gasteiger partial charge on any atom is 0.355 e. The molecule has 0 saturated carbocycles. The fourth-order valence-corrected chi connectivity index (χ4v) is 4.39. The summed E-state index contributed by atoms with van der Waals surface area (Å²) in [4.78, 5) is 40.9. The number of para-hydroxylation sites is 1. The van der Waals surface area contributed by atoms with E-state index in [4.69, 9.17) is 27.9 Å². The smallest absolute Gasteiger partial charge is 0.355 e. The van der Waals surface area contributed by atoms with Gasteiger partial charge in [-0.1, -0.05) is 59.6 Å². The van der Waals surface area contributed by atoms with Gasteiger partial charge in [-0.3, -0.25) is 4.79 Å². The number of hydrogen-bond acceptors (Lipinski definition) is 4. The molecule has 1 amide bonds. The minimum absolute atomic E-state index is 0.0283. The van der Waals surface area contributed by atoms with Crippen molar-refractivity contribution in [1.29, 1.82) is 0 Å². The van der Waals surface area contributed by atoms with Crippen LogP contribution in [-0.2, 0) is 9.53 Å². The number of carbonyl (C=O) groups excluding carboxylic acids is 2. The number of amides is 1. The fraction of sp³-hybridized carbons (Fsp3) is 0.0741. The number of anilines is 1. The van der Waals surface area contributed by atoms with Gasteiger partial charge in [0.05, 0.1) is 17.2 Å².